The molecule has 3 aliphatic rings. The summed E-state index contributed by atoms with van der Waals surface area (Å²) < 4.78 is 10.5. The van der Waals surface area contributed by atoms with Gasteiger partial charge in [0.15, 0.2) is 12.1 Å². The van der Waals surface area contributed by atoms with Gasteiger partial charge in [0.25, 0.3) is 0 Å². The average Bonchev–Trinajstić information content (AvgIpc) is 3.50. The molecule has 0 bridgehead atoms. The van der Waals surface area contributed by atoms with Crippen molar-refractivity contribution in [1.29, 1.82) is 0 Å². The van der Waals surface area contributed by atoms with Crippen LogP contribution < -0.4 is 10.4 Å². The average molecular weight is 504 g/mol. The molecule has 0 spiro atoms. The molecule has 4 rings (SSSR count). The molecule has 2 N–H and O–H groups in total. The molecule has 2 fully saturated rings. The van der Waals surface area contributed by atoms with E-state index in [1.54, 1.807) is 16.7 Å². The molecule has 0 aliphatic carbocycles. The van der Waals surface area contributed by atoms with E-state index in [9.17, 15) is 19.5 Å². The summed E-state index contributed by atoms with van der Waals surface area (Å²) in [4.78, 5) is 51.4. The van der Waals surface area contributed by atoms with E-state index in [4.69, 9.17) is 14.3 Å². The number of rotatable bonds is 10. The van der Waals surface area contributed by atoms with E-state index in [1.807, 2.05) is 31.2 Å². The van der Waals surface area contributed by atoms with Gasteiger partial charge in [-0.1, -0.05) is 6.92 Å². The van der Waals surface area contributed by atoms with Gasteiger partial charge in [-0.3, -0.25) is 24.3 Å². The van der Waals surface area contributed by atoms with Crippen LogP contribution in [0.3, 0.4) is 0 Å². The van der Waals surface area contributed by atoms with Gasteiger partial charge in [-0.2, -0.15) is 0 Å². The number of carbonyl (C=O) groups is 3. The lowest BCUT2D eigenvalue weighted by atomic mass is 10.1. The van der Waals surface area contributed by atoms with Gasteiger partial charge in [-0.25, -0.2) is 20.1 Å². The number of aliphatic imine (C=N–C) groups is 1. The van der Waals surface area contributed by atoms with E-state index < -0.39 is 24.1 Å². The Morgan fingerprint density at radius 3 is 2.53 bits per heavy atom. The minimum Gasteiger partial charge on any atom is -0.480 e. The van der Waals surface area contributed by atoms with E-state index in [-0.39, 0.29) is 25.4 Å². The Kier molecular flexibility index (Phi) is 8.39. The number of hydroxylamine groups is 1. The van der Waals surface area contributed by atoms with Crippen molar-refractivity contribution < 1.29 is 33.8 Å². The van der Waals surface area contributed by atoms with Gasteiger partial charge >= 0.3 is 18.0 Å². The molecule has 0 saturated carbocycles. The van der Waals surface area contributed by atoms with Crippen molar-refractivity contribution in [2.75, 3.05) is 50.8 Å². The van der Waals surface area contributed by atoms with E-state index in [0.717, 1.165) is 17.7 Å². The first-order chi connectivity index (χ1) is 17.4. The number of esters is 1. The molecule has 12 heteroatoms. The number of carboxylic acid groups (broad SMARTS) is 1. The Hall–Kier alpha value is -3.22. The molecule has 3 atom stereocenters. The number of piperazine rings is 1. The molecule has 2 saturated heterocycles. The molecule has 12 nitrogen and oxygen atoms in total. The maximum atomic E-state index is 12.5. The van der Waals surface area contributed by atoms with Crippen LogP contribution in [0.5, 0.6) is 0 Å². The van der Waals surface area contributed by atoms with Crippen LogP contribution in [-0.2, 0) is 23.9 Å². The minimum atomic E-state index is -1.03. The number of amidine groups is 1. The van der Waals surface area contributed by atoms with Gasteiger partial charge in [-0.05, 0) is 37.6 Å². The SMILES string of the molecule is CCOC(=O)CC(C(=O)O)N1CCN(CC2CN(c3ccc(C4=NC(CC)ON4)cc3)C(=O)O2)CC1. The fourth-order valence-electron chi connectivity index (χ4n) is 4.55. The fraction of sp³-hybridized carbons (Fsp3) is 0.583. The summed E-state index contributed by atoms with van der Waals surface area (Å²) in [6.45, 7) is 7.14. The summed E-state index contributed by atoms with van der Waals surface area (Å²) in [5, 5.41) is 9.56. The Morgan fingerprint density at radius 1 is 1.19 bits per heavy atom. The Bertz CT molecular complexity index is 978. The molecule has 3 unspecified atom stereocenters. The topological polar surface area (TPSA) is 133 Å². The fourth-order valence-corrected chi connectivity index (χ4v) is 4.55. The molecule has 196 valence electrons. The van der Waals surface area contributed by atoms with Crippen LogP contribution >= 0.6 is 0 Å². The van der Waals surface area contributed by atoms with E-state index in [1.165, 1.54) is 0 Å². The summed E-state index contributed by atoms with van der Waals surface area (Å²) in [6, 6.07) is 6.58. The number of hydrogen-bond donors (Lipinski definition) is 2. The largest absolute Gasteiger partial charge is 0.480 e. The number of benzene rings is 1. The van der Waals surface area contributed by atoms with Crippen LogP contribution in [0.15, 0.2) is 29.3 Å². The van der Waals surface area contributed by atoms with Crippen LogP contribution in [0.2, 0.25) is 0 Å². The number of amides is 1. The summed E-state index contributed by atoms with van der Waals surface area (Å²) >= 11 is 0. The highest BCUT2D eigenvalue weighted by atomic mass is 16.7. The van der Waals surface area contributed by atoms with Crippen LogP contribution in [-0.4, -0.2) is 103 Å². The zero-order chi connectivity index (χ0) is 25.7. The van der Waals surface area contributed by atoms with E-state index >= 15 is 0 Å². The van der Waals surface area contributed by atoms with Gasteiger partial charge < -0.3 is 14.6 Å². The van der Waals surface area contributed by atoms with E-state index in [2.05, 4.69) is 15.4 Å². The van der Waals surface area contributed by atoms with Crippen molar-refractivity contribution in [3.8, 4) is 0 Å². The first-order valence-electron chi connectivity index (χ1n) is 12.3. The Labute approximate surface area is 209 Å². The van der Waals surface area contributed by atoms with Gasteiger partial charge in [0.2, 0.25) is 0 Å². The van der Waals surface area contributed by atoms with E-state index in [0.29, 0.717) is 45.1 Å². The van der Waals surface area contributed by atoms with Gasteiger partial charge in [-0.15, -0.1) is 0 Å². The predicted molar refractivity (Wildman–Crippen MR) is 130 cm³/mol. The predicted octanol–water partition coefficient (Wildman–Crippen LogP) is 1.05. The van der Waals surface area contributed by atoms with Crippen molar-refractivity contribution in [3.63, 3.8) is 0 Å². The zero-order valence-electron chi connectivity index (χ0n) is 20.6. The standard InChI is InChI=1S/C24H33N5O7/c1-3-20-25-22(26-36-20)16-5-7-17(8-6-16)29-15-18(35-24(29)33)14-27-9-11-28(12-10-27)19(23(31)32)13-21(30)34-4-2/h5-8,18-20H,3-4,9-15H2,1-2H3,(H,25,26)(H,31,32). The van der Waals surface area contributed by atoms with Crippen molar-refractivity contribution in [3.05, 3.63) is 29.8 Å². The van der Waals surface area contributed by atoms with Crippen molar-refractivity contribution in [2.24, 2.45) is 4.99 Å². The number of nitrogens with zero attached hydrogens (tertiary/aromatic N) is 4. The molecule has 1 aromatic rings. The Morgan fingerprint density at radius 2 is 1.92 bits per heavy atom. The third-order valence-electron chi connectivity index (χ3n) is 6.50. The second-order valence-electron chi connectivity index (χ2n) is 8.92. The highest BCUT2D eigenvalue weighted by molar-refractivity contribution is 5.99. The molecular formula is C24H33N5O7. The summed E-state index contributed by atoms with van der Waals surface area (Å²) in [5.41, 5.74) is 4.45. The first-order valence-corrected chi connectivity index (χ1v) is 12.3. The molecule has 0 aromatic heterocycles. The second-order valence-corrected chi connectivity index (χ2v) is 8.92. The number of aliphatic carboxylic acids is 1. The Balaban J connectivity index is 1.27. The molecular weight excluding hydrogens is 470 g/mol. The third kappa shape index (κ3) is 6.12. The van der Waals surface area contributed by atoms with Crippen molar-refractivity contribution >= 4 is 29.6 Å². The van der Waals surface area contributed by atoms with Crippen LogP contribution in [0.25, 0.3) is 0 Å². The van der Waals surface area contributed by atoms with Crippen LogP contribution in [0, 0.1) is 0 Å². The maximum absolute atomic E-state index is 12.5. The highest BCUT2D eigenvalue weighted by Crippen LogP contribution is 2.24. The van der Waals surface area contributed by atoms with Gasteiger partial charge in [0.05, 0.1) is 19.6 Å². The lowest BCUT2D eigenvalue weighted by molar-refractivity contribution is -0.153. The van der Waals surface area contributed by atoms with Gasteiger partial charge in [0, 0.05) is 44.0 Å². The summed E-state index contributed by atoms with van der Waals surface area (Å²) in [6.07, 6.45) is -0.274. The zero-order valence-corrected chi connectivity index (χ0v) is 20.6. The van der Waals surface area contributed by atoms with Crippen LogP contribution in [0.4, 0.5) is 10.5 Å². The monoisotopic (exact) mass is 503 g/mol. The number of carbonyl (C=O) groups excluding carboxylic acids is 2. The molecule has 3 heterocycles. The minimum absolute atomic E-state index is 0.174. The normalized spacial score (nSPS) is 23.7. The lowest BCUT2D eigenvalue weighted by Crippen LogP contribution is -2.54. The molecule has 36 heavy (non-hydrogen) atoms. The van der Waals surface area contributed by atoms with Crippen molar-refractivity contribution in [2.45, 2.75) is 45.1 Å². The number of nitrogens with one attached hydrogen (secondary N) is 1. The first kappa shape index (κ1) is 25.9. The number of carboxylic acids is 1. The van der Waals surface area contributed by atoms with Gasteiger partial charge in [0.1, 0.15) is 12.1 Å². The molecule has 0 radical (unpaired) electrons. The maximum Gasteiger partial charge on any atom is 0.414 e. The summed E-state index contributed by atoms with van der Waals surface area (Å²) in [7, 11) is 0. The van der Waals surface area contributed by atoms with Crippen molar-refractivity contribution in [1.82, 2.24) is 15.3 Å². The number of ether oxygens (including phenoxy) is 2. The lowest BCUT2D eigenvalue weighted by Gasteiger charge is -2.37. The molecule has 1 amide bonds. The summed E-state index contributed by atoms with van der Waals surface area (Å²) in [5.74, 6) is -0.873. The number of cyclic esters (lactones) is 1. The molecule has 1 aromatic carbocycles. The smallest absolute Gasteiger partial charge is 0.414 e. The third-order valence-corrected chi connectivity index (χ3v) is 6.50. The second kappa shape index (κ2) is 11.7. The number of hydrogen-bond acceptors (Lipinski definition) is 10. The number of anilines is 1. The quantitative estimate of drug-likeness (QED) is 0.446. The molecule has 3 aliphatic heterocycles. The van der Waals surface area contributed by atoms with Crippen LogP contribution in [0.1, 0.15) is 32.3 Å². The highest BCUT2D eigenvalue weighted by Gasteiger charge is 2.36.